The first-order valence-corrected chi connectivity index (χ1v) is 12.9. The van der Waals surface area contributed by atoms with Crippen molar-refractivity contribution < 1.29 is 19.1 Å². The van der Waals surface area contributed by atoms with E-state index in [1.54, 1.807) is 19.1 Å². The summed E-state index contributed by atoms with van der Waals surface area (Å²) in [6.45, 7) is 8.86. The van der Waals surface area contributed by atoms with E-state index in [4.69, 9.17) is 32.7 Å². The van der Waals surface area contributed by atoms with Crippen LogP contribution < -0.4 is 5.01 Å². The monoisotopic (exact) mass is 505 g/mol. The first kappa shape index (κ1) is 24.3. The fourth-order valence-electron chi connectivity index (χ4n) is 5.84. The molecule has 0 saturated heterocycles. The van der Waals surface area contributed by atoms with Crippen molar-refractivity contribution in [3.8, 4) is 0 Å². The molecular formula is C28H28ClN3O4. The number of hydrogen-bond donors (Lipinski definition) is 0. The summed E-state index contributed by atoms with van der Waals surface area (Å²) < 4.78 is 9.95. The molecule has 1 saturated carbocycles. The molecule has 5 rings (SSSR count). The number of ether oxygens (including phenoxy) is 2. The topological polar surface area (TPSA) is 72.6 Å². The number of esters is 2. The largest absolute Gasteiger partial charge is 0.463 e. The van der Waals surface area contributed by atoms with Gasteiger partial charge in [-0.1, -0.05) is 36.6 Å². The van der Waals surface area contributed by atoms with Gasteiger partial charge in [-0.15, -0.1) is 0 Å². The predicted molar refractivity (Wildman–Crippen MR) is 138 cm³/mol. The fourth-order valence-corrected chi connectivity index (χ4v) is 6.05. The van der Waals surface area contributed by atoms with E-state index in [9.17, 15) is 9.59 Å². The van der Waals surface area contributed by atoms with E-state index in [0.29, 0.717) is 28.1 Å². The number of halogens is 1. The van der Waals surface area contributed by atoms with E-state index in [0.717, 1.165) is 35.4 Å². The Morgan fingerprint density at radius 1 is 1.14 bits per heavy atom. The highest BCUT2D eigenvalue weighted by molar-refractivity contribution is 6.33. The third kappa shape index (κ3) is 4.58. The van der Waals surface area contributed by atoms with Gasteiger partial charge < -0.3 is 9.47 Å². The standard InChI is InChI=1S/C28H28ClN3O4/c1-3-35-25(33)16-36-28(34)19-9-11-21-18(14-19)8-12-22-26(21)31-32(27(22)17-6-4-5-7-17)20-10-13-24(30-2)23(29)15-20/h9-11,13-15,17,22,27H,3-8,12,16H2,1H3/t22-,27-/m0/s1. The molecule has 36 heavy (non-hydrogen) atoms. The van der Waals surface area contributed by atoms with Gasteiger partial charge in [-0.05, 0) is 68.4 Å². The van der Waals surface area contributed by atoms with Gasteiger partial charge in [-0.3, -0.25) is 5.01 Å². The molecule has 0 amide bonds. The first-order chi connectivity index (χ1) is 17.5. The van der Waals surface area contributed by atoms with Gasteiger partial charge in [0.25, 0.3) is 0 Å². The van der Waals surface area contributed by atoms with Gasteiger partial charge >= 0.3 is 11.9 Å². The molecule has 2 aromatic rings. The van der Waals surface area contributed by atoms with Crippen molar-refractivity contribution in [3.05, 3.63) is 69.5 Å². The smallest absolute Gasteiger partial charge is 0.344 e. The number of fused-ring (bicyclic) bond motifs is 3. The number of hydrogen-bond acceptors (Lipinski definition) is 6. The Bertz CT molecular complexity index is 1260. The van der Waals surface area contributed by atoms with Gasteiger partial charge in [0.1, 0.15) is 0 Å². The number of benzene rings is 2. The number of rotatable bonds is 6. The average Bonchev–Trinajstić information content (AvgIpc) is 3.55. The molecule has 0 spiro atoms. The van der Waals surface area contributed by atoms with Gasteiger partial charge in [0.15, 0.2) is 6.61 Å². The molecule has 0 aromatic heterocycles. The van der Waals surface area contributed by atoms with Crippen LogP contribution in [0.4, 0.5) is 11.4 Å². The lowest BCUT2D eigenvalue weighted by molar-refractivity contribution is -0.146. The maximum absolute atomic E-state index is 12.5. The summed E-state index contributed by atoms with van der Waals surface area (Å²) >= 11 is 6.40. The molecule has 3 aliphatic rings. The number of anilines is 1. The van der Waals surface area contributed by atoms with Crippen LogP contribution in [0.2, 0.25) is 5.02 Å². The first-order valence-electron chi connectivity index (χ1n) is 12.5. The molecule has 1 fully saturated rings. The van der Waals surface area contributed by atoms with Crippen LogP contribution in [0, 0.1) is 18.4 Å². The van der Waals surface area contributed by atoms with Crippen LogP contribution in [0.1, 0.15) is 60.5 Å². The summed E-state index contributed by atoms with van der Waals surface area (Å²) in [4.78, 5) is 27.5. The molecule has 2 atom stereocenters. The molecule has 2 aromatic carbocycles. The highest BCUT2D eigenvalue weighted by Crippen LogP contribution is 2.45. The zero-order chi connectivity index (χ0) is 25.2. The Morgan fingerprint density at radius 3 is 2.67 bits per heavy atom. The molecule has 2 aliphatic carbocycles. The molecule has 186 valence electrons. The molecule has 8 heteroatoms. The number of nitrogens with zero attached hydrogens (tertiary/aromatic N) is 3. The summed E-state index contributed by atoms with van der Waals surface area (Å²) in [6.07, 6.45) is 6.63. The molecule has 1 heterocycles. The van der Waals surface area contributed by atoms with E-state index in [2.05, 4.69) is 9.85 Å². The van der Waals surface area contributed by atoms with E-state index >= 15 is 0 Å². The molecule has 0 radical (unpaired) electrons. The molecular weight excluding hydrogens is 478 g/mol. The van der Waals surface area contributed by atoms with Crippen molar-refractivity contribution >= 4 is 40.6 Å². The van der Waals surface area contributed by atoms with Gasteiger partial charge in [-0.2, -0.15) is 5.10 Å². The van der Waals surface area contributed by atoms with Crippen molar-refractivity contribution in [1.82, 2.24) is 0 Å². The second-order valence-corrected chi connectivity index (χ2v) is 9.92. The fraction of sp³-hybridized carbons (Fsp3) is 0.429. The van der Waals surface area contributed by atoms with Crippen LogP contribution in [0.5, 0.6) is 0 Å². The molecule has 0 bridgehead atoms. The lowest BCUT2D eigenvalue weighted by Crippen LogP contribution is -2.40. The van der Waals surface area contributed by atoms with Crippen molar-refractivity contribution in [3.63, 3.8) is 0 Å². The normalized spacial score (nSPS) is 20.8. The summed E-state index contributed by atoms with van der Waals surface area (Å²) in [5.74, 6) is -0.258. The number of aryl methyl sites for hydroxylation is 1. The molecule has 0 N–H and O–H groups in total. The quantitative estimate of drug-likeness (QED) is 0.358. The van der Waals surface area contributed by atoms with Crippen molar-refractivity contribution in [2.24, 2.45) is 16.9 Å². The zero-order valence-corrected chi connectivity index (χ0v) is 21.0. The number of carbonyl (C=O) groups excluding carboxylic acids is 2. The van der Waals surface area contributed by atoms with E-state index in [1.807, 2.05) is 24.3 Å². The Hall–Kier alpha value is -3.37. The van der Waals surface area contributed by atoms with Gasteiger partial charge in [0, 0.05) is 16.5 Å². The zero-order valence-electron chi connectivity index (χ0n) is 20.2. The Morgan fingerprint density at radius 2 is 1.94 bits per heavy atom. The summed E-state index contributed by atoms with van der Waals surface area (Å²) in [5, 5.41) is 7.71. The van der Waals surface area contributed by atoms with Gasteiger partial charge in [-0.25, -0.2) is 14.4 Å². The van der Waals surface area contributed by atoms with Crippen LogP contribution in [-0.4, -0.2) is 36.9 Å². The Labute approximate surface area is 215 Å². The summed E-state index contributed by atoms with van der Waals surface area (Å²) in [6, 6.07) is 11.3. The minimum atomic E-state index is -0.561. The highest BCUT2D eigenvalue weighted by Gasteiger charge is 2.45. The van der Waals surface area contributed by atoms with E-state index < -0.39 is 18.5 Å². The second kappa shape index (κ2) is 10.3. The maximum atomic E-state index is 12.5. The van der Waals surface area contributed by atoms with Crippen LogP contribution in [0.25, 0.3) is 4.85 Å². The summed E-state index contributed by atoms with van der Waals surface area (Å²) in [5.41, 5.74) is 4.93. The second-order valence-electron chi connectivity index (χ2n) is 9.51. The minimum absolute atomic E-state index is 0.243. The maximum Gasteiger partial charge on any atom is 0.344 e. The third-order valence-corrected chi connectivity index (χ3v) is 7.73. The highest BCUT2D eigenvalue weighted by atomic mass is 35.5. The third-order valence-electron chi connectivity index (χ3n) is 7.43. The van der Waals surface area contributed by atoms with Gasteiger partial charge in [0.2, 0.25) is 5.69 Å². The van der Waals surface area contributed by atoms with Crippen LogP contribution in [0.15, 0.2) is 41.5 Å². The van der Waals surface area contributed by atoms with Crippen LogP contribution in [-0.2, 0) is 20.7 Å². The van der Waals surface area contributed by atoms with Crippen LogP contribution in [0.3, 0.4) is 0 Å². The van der Waals surface area contributed by atoms with Gasteiger partial charge in [0.05, 0.1) is 36.2 Å². The number of hydrazone groups is 1. The molecule has 0 unspecified atom stereocenters. The lowest BCUT2D eigenvalue weighted by Gasteiger charge is -2.34. The molecule has 7 nitrogen and oxygen atoms in total. The van der Waals surface area contributed by atoms with E-state index in [1.165, 1.54) is 25.7 Å². The molecule has 1 aliphatic heterocycles. The van der Waals surface area contributed by atoms with Crippen molar-refractivity contribution in [2.75, 3.05) is 18.2 Å². The Kier molecular flexibility index (Phi) is 6.97. The lowest BCUT2D eigenvalue weighted by atomic mass is 9.75. The summed E-state index contributed by atoms with van der Waals surface area (Å²) in [7, 11) is 0. The Balaban J connectivity index is 1.44. The van der Waals surface area contributed by atoms with E-state index in [-0.39, 0.29) is 12.6 Å². The SMILES string of the molecule is [C-]#[N+]c1ccc(N2N=C3c4ccc(C(=O)OCC(=O)OCC)cc4CC[C@@H]3[C@@H]2C2CCCC2)cc1Cl. The van der Waals surface area contributed by atoms with Crippen molar-refractivity contribution in [2.45, 2.75) is 51.5 Å². The van der Waals surface area contributed by atoms with Crippen molar-refractivity contribution in [1.29, 1.82) is 0 Å². The average molecular weight is 506 g/mol. The number of carbonyl (C=O) groups is 2. The minimum Gasteiger partial charge on any atom is -0.463 e. The van der Waals surface area contributed by atoms with Crippen LogP contribution >= 0.6 is 11.6 Å². The predicted octanol–water partition coefficient (Wildman–Crippen LogP) is 5.96.